The Kier molecular flexibility index (Phi) is 5.79. The molecule has 1 unspecified atom stereocenters. The molecule has 1 aliphatic carbocycles. The molecule has 0 bridgehead atoms. The van der Waals surface area contributed by atoms with E-state index in [4.69, 9.17) is 4.74 Å². The molecule has 2 aromatic carbocycles. The second kappa shape index (κ2) is 8.48. The Morgan fingerprint density at radius 3 is 2.45 bits per heavy atom. The topological polar surface area (TPSA) is 32.8 Å². The number of carbonyl (C=O) groups excluding carboxylic acids is 1. The van der Waals surface area contributed by atoms with Crippen molar-refractivity contribution >= 4 is 11.6 Å². The summed E-state index contributed by atoms with van der Waals surface area (Å²) in [6, 6.07) is 12.8. The summed E-state index contributed by atoms with van der Waals surface area (Å²) in [6.07, 6.45) is 4.35. The Labute approximate surface area is 174 Å². The highest BCUT2D eigenvalue weighted by Gasteiger charge is 2.27. The molecule has 2 aliphatic rings. The highest BCUT2D eigenvalue weighted by molar-refractivity contribution is 5.81. The monoisotopic (exact) mass is 392 g/mol. The van der Waals surface area contributed by atoms with Crippen LogP contribution in [0.15, 0.2) is 36.4 Å². The Balaban J connectivity index is 1.35. The van der Waals surface area contributed by atoms with Crippen LogP contribution in [0.2, 0.25) is 0 Å². The summed E-state index contributed by atoms with van der Waals surface area (Å²) in [5.74, 6) is 0.906. The van der Waals surface area contributed by atoms with Crippen molar-refractivity contribution in [2.75, 3.05) is 31.1 Å². The molecular formula is C25H32N2O2. The van der Waals surface area contributed by atoms with E-state index in [0.717, 1.165) is 44.8 Å². The number of hydrogen-bond acceptors (Lipinski definition) is 3. The minimum atomic E-state index is -0.455. The molecule has 29 heavy (non-hydrogen) atoms. The lowest BCUT2D eigenvalue weighted by molar-refractivity contribution is -0.138. The fourth-order valence-corrected chi connectivity index (χ4v) is 4.54. The highest BCUT2D eigenvalue weighted by Crippen LogP contribution is 2.27. The van der Waals surface area contributed by atoms with Gasteiger partial charge in [0, 0.05) is 31.9 Å². The number of rotatable bonds is 4. The maximum absolute atomic E-state index is 12.9. The van der Waals surface area contributed by atoms with Crippen LogP contribution in [-0.2, 0) is 17.6 Å². The van der Waals surface area contributed by atoms with Crippen molar-refractivity contribution in [2.45, 2.75) is 52.6 Å². The van der Waals surface area contributed by atoms with Gasteiger partial charge >= 0.3 is 0 Å². The van der Waals surface area contributed by atoms with E-state index < -0.39 is 6.10 Å². The van der Waals surface area contributed by atoms with E-state index >= 15 is 0 Å². The first-order chi connectivity index (χ1) is 14.0. The minimum absolute atomic E-state index is 0.0864. The van der Waals surface area contributed by atoms with Crippen LogP contribution in [-0.4, -0.2) is 43.1 Å². The van der Waals surface area contributed by atoms with Gasteiger partial charge in [-0.15, -0.1) is 0 Å². The lowest BCUT2D eigenvalue weighted by Gasteiger charge is -2.38. The second-order valence-corrected chi connectivity index (χ2v) is 8.43. The van der Waals surface area contributed by atoms with Crippen LogP contribution < -0.4 is 9.64 Å². The molecular weight excluding hydrogens is 360 g/mol. The van der Waals surface area contributed by atoms with E-state index in [1.54, 1.807) is 0 Å². The molecule has 0 N–H and O–H groups in total. The summed E-state index contributed by atoms with van der Waals surface area (Å²) in [7, 11) is 0. The number of benzene rings is 2. The van der Waals surface area contributed by atoms with Crippen molar-refractivity contribution in [3.63, 3.8) is 0 Å². The lowest BCUT2D eigenvalue weighted by Crippen LogP contribution is -2.52. The molecule has 1 fully saturated rings. The number of carbonyl (C=O) groups is 1. The van der Waals surface area contributed by atoms with Crippen LogP contribution in [0.5, 0.6) is 5.75 Å². The molecule has 0 spiro atoms. The normalized spacial score (nSPS) is 17.6. The van der Waals surface area contributed by atoms with E-state index in [1.807, 2.05) is 17.9 Å². The van der Waals surface area contributed by atoms with E-state index in [1.165, 1.54) is 40.8 Å². The van der Waals surface area contributed by atoms with Crippen LogP contribution in [0.1, 0.15) is 42.0 Å². The summed E-state index contributed by atoms with van der Waals surface area (Å²) >= 11 is 0. The Morgan fingerprint density at radius 2 is 1.69 bits per heavy atom. The number of fused-ring (bicyclic) bond motifs is 1. The zero-order valence-corrected chi connectivity index (χ0v) is 17.9. The largest absolute Gasteiger partial charge is 0.481 e. The van der Waals surface area contributed by atoms with Gasteiger partial charge in [-0.1, -0.05) is 18.2 Å². The van der Waals surface area contributed by atoms with Crippen LogP contribution >= 0.6 is 0 Å². The highest BCUT2D eigenvalue weighted by atomic mass is 16.5. The summed E-state index contributed by atoms with van der Waals surface area (Å²) < 4.78 is 6.04. The fraction of sp³-hybridized carbons (Fsp3) is 0.480. The van der Waals surface area contributed by atoms with Gasteiger partial charge in [0.2, 0.25) is 0 Å². The number of anilines is 1. The van der Waals surface area contributed by atoms with Crippen molar-refractivity contribution in [3.05, 3.63) is 58.7 Å². The summed E-state index contributed by atoms with van der Waals surface area (Å²) in [4.78, 5) is 17.3. The predicted octanol–water partition coefficient (Wildman–Crippen LogP) is 4.30. The van der Waals surface area contributed by atoms with Gasteiger partial charge in [0.1, 0.15) is 5.75 Å². The standard InChI is InChI=1S/C25H32N2O2/c1-18-7-6-10-24(19(18)2)26-13-15-27(16-14-26)25(28)20(3)29-23-12-11-21-8-4-5-9-22(21)17-23/h6-7,10-12,17,20H,4-5,8-9,13-16H2,1-3H3. The van der Waals surface area contributed by atoms with Gasteiger partial charge in [-0.05, 0) is 86.9 Å². The molecule has 4 heteroatoms. The van der Waals surface area contributed by atoms with Crippen LogP contribution in [0.4, 0.5) is 5.69 Å². The van der Waals surface area contributed by atoms with Crippen molar-refractivity contribution in [2.24, 2.45) is 0 Å². The van der Waals surface area contributed by atoms with E-state index in [-0.39, 0.29) is 5.91 Å². The fourth-order valence-electron chi connectivity index (χ4n) is 4.54. The molecule has 1 saturated heterocycles. The van der Waals surface area contributed by atoms with Crippen LogP contribution in [0, 0.1) is 13.8 Å². The molecule has 4 rings (SSSR count). The lowest BCUT2D eigenvalue weighted by atomic mass is 9.92. The molecule has 1 atom stereocenters. The van der Waals surface area contributed by atoms with Gasteiger partial charge in [-0.25, -0.2) is 0 Å². The van der Waals surface area contributed by atoms with Crippen LogP contribution in [0.25, 0.3) is 0 Å². The van der Waals surface area contributed by atoms with Gasteiger partial charge in [-0.2, -0.15) is 0 Å². The Bertz CT molecular complexity index is 884. The zero-order valence-electron chi connectivity index (χ0n) is 17.9. The van der Waals surface area contributed by atoms with Crippen molar-refractivity contribution in [3.8, 4) is 5.75 Å². The third kappa shape index (κ3) is 4.26. The van der Waals surface area contributed by atoms with E-state index in [9.17, 15) is 4.79 Å². The molecule has 0 aromatic heterocycles. The first kappa shape index (κ1) is 19.8. The van der Waals surface area contributed by atoms with E-state index in [0.29, 0.717) is 0 Å². The number of amides is 1. The number of piperazine rings is 1. The van der Waals surface area contributed by atoms with Gasteiger partial charge in [0.25, 0.3) is 5.91 Å². The maximum atomic E-state index is 12.9. The first-order valence-corrected chi connectivity index (χ1v) is 10.9. The molecule has 2 aromatic rings. The molecule has 0 saturated carbocycles. The molecule has 154 valence electrons. The zero-order chi connectivity index (χ0) is 20.4. The number of hydrogen-bond donors (Lipinski definition) is 0. The number of aryl methyl sites for hydroxylation is 3. The van der Waals surface area contributed by atoms with Crippen molar-refractivity contribution in [1.29, 1.82) is 0 Å². The van der Waals surface area contributed by atoms with Crippen LogP contribution in [0.3, 0.4) is 0 Å². The first-order valence-electron chi connectivity index (χ1n) is 10.9. The third-order valence-electron chi connectivity index (χ3n) is 6.49. The van der Waals surface area contributed by atoms with Gasteiger partial charge in [0.15, 0.2) is 6.10 Å². The van der Waals surface area contributed by atoms with Gasteiger partial charge in [-0.3, -0.25) is 4.79 Å². The summed E-state index contributed by atoms with van der Waals surface area (Å²) in [5, 5.41) is 0. The second-order valence-electron chi connectivity index (χ2n) is 8.43. The number of ether oxygens (including phenoxy) is 1. The van der Waals surface area contributed by atoms with E-state index in [2.05, 4.69) is 49.1 Å². The average molecular weight is 393 g/mol. The summed E-state index contributed by atoms with van der Waals surface area (Å²) in [5.41, 5.74) is 6.75. The number of nitrogens with zero attached hydrogens (tertiary/aromatic N) is 2. The Hall–Kier alpha value is -2.49. The Morgan fingerprint density at radius 1 is 0.966 bits per heavy atom. The smallest absolute Gasteiger partial charge is 0.263 e. The van der Waals surface area contributed by atoms with Gasteiger partial charge in [0.05, 0.1) is 0 Å². The molecule has 1 amide bonds. The maximum Gasteiger partial charge on any atom is 0.263 e. The average Bonchev–Trinajstić information content (AvgIpc) is 2.75. The quantitative estimate of drug-likeness (QED) is 0.778. The molecule has 4 nitrogen and oxygen atoms in total. The third-order valence-corrected chi connectivity index (χ3v) is 6.49. The molecule has 1 heterocycles. The molecule has 0 radical (unpaired) electrons. The SMILES string of the molecule is Cc1cccc(N2CCN(C(=O)C(C)Oc3ccc4c(c3)CCCC4)CC2)c1C. The molecule has 1 aliphatic heterocycles. The summed E-state index contributed by atoms with van der Waals surface area (Å²) in [6.45, 7) is 9.41. The minimum Gasteiger partial charge on any atom is -0.481 e. The predicted molar refractivity (Wildman–Crippen MR) is 118 cm³/mol. The van der Waals surface area contributed by atoms with Crippen molar-refractivity contribution in [1.82, 2.24) is 4.90 Å². The van der Waals surface area contributed by atoms with Crippen molar-refractivity contribution < 1.29 is 9.53 Å². The van der Waals surface area contributed by atoms with Gasteiger partial charge < -0.3 is 14.5 Å².